The Labute approximate surface area is 134 Å². The van der Waals surface area contributed by atoms with E-state index in [9.17, 15) is 9.18 Å². The lowest BCUT2D eigenvalue weighted by atomic mass is 9.93. The SMILES string of the molecule is O=C(NC1CCNc2c(C3CC3)cccc21)c1ccc(F)cc1. The molecule has 2 aliphatic rings. The molecule has 0 bridgehead atoms. The second-order valence-electron chi connectivity index (χ2n) is 6.33. The molecule has 1 aliphatic carbocycles. The zero-order chi connectivity index (χ0) is 15.8. The molecule has 1 heterocycles. The molecule has 118 valence electrons. The number of halogens is 1. The van der Waals surface area contributed by atoms with Crippen LogP contribution in [0.4, 0.5) is 10.1 Å². The van der Waals surface area contributed by atoms with Gasteiger partial charge in [0.05, 0.1) is 6.04 Å². The summed E-state index contributed by atoms with van der Waals surface area (Å²) >= 11 is 0. The summed E-state index contributed by atoms with van der Waals surface area (Å²) < 4.78 is 13.0. The van der Waals surface area contributed by atoms with Gasteiger partial charge in [-0.05, 0) is 60.6 Å². The van der Waals surface area contributed by atoms with E-state index in [-0.39, 0.29) is 17.8 Å². The molecule has 2 aromatic rings. The number of hydrogen-bond donors (Lipinski definition) is 2. The number of carbonyl (C=O) groups excluding carboxylic acids is 1. The molecule has 2 aromatic carbocycles. The highest BCUT2D eigenvalue weighted by Crippen LogP contribution is 2.46. The number of fused-ring (bicyclic) bond motifs is 1. The second kappa shape index (κ2) is 5.69. The fraction of sp³-hybridized carbons (Fsp3) is 0.316. The third-order valence-electron chi connectivity index (χ3n) is 4.67. The van der Waals surface area contributed by atoms with Crippen molar-refractivity contribution in [2.45, 2.75) is 31.2 Å². The normalized spacial score (nSPS) is 19.6. The molecule has 4 heteroatoms. The molecule has 1 fully saturated rings. The number of anilines is 1. The molecule has 0 saturated heterocycles. The monoisotopic (exact) mass is 310 g/mol. The van der Waals surface area contributed by atoms with Crippen LogP contribution in [-0.4, -0.2) is 12.5 Å². The van der Waals surface area contributed by atoms with E-state index in [4.69, 9.17) is 0 Å². The first kappa shape index (κ1) is 14.2. The van der Waals surface area contributed by atoms with Crippen molar-refractivity contribution < 1.29 is 9.18 Å². The number of nitrogens with one attached hydrogen (secondary N) is 2. The molecule has 1 unspecified atom stereocenters. The molecule has 23 heavy (non-hydrogen) atoms. The van der Waals surface area contributed by atoms with E-state index in [1.807, 2.05) is 0 Å². The Balaban J connectivity index is 1.58. The van der Waals surface area contributed by atoms with Gasteiger partial charge in [-0.3, -0.25) is 4.79 Å². The fourth-order valence-corrected chi connectivity index (χ4v) is 3.31. The molecule has 4 rings (SSSR count). The van der Waals surface area contributed by atoms with Crippen molar-refractivity contribution in [1.29, 1.82) is 0 Å². The van der Waals surface area contributed by atoms with E-state index in [1.54, 1.807) is 0 Å². The van der Waals surface area contributed by atoms with Gasteiger partial charge in [-0.25, -0.2) is 4.39 Å². The summed E-state index contributed by atoms with van der Waals surface area (Å²) in [6, 6.07) is 12.0. The summed E-state index contributed by atoms with van der Waals surface area (Å²) in [4.78, 5) is 12.4. The van der Waals surface area contributed by atoms with Gasteiger partial charge in [0.2, 0.25) is 0 Å². The molecule has 1 aliphatic heterocycles. The molecule has 2 N–H and O–H groups in total. The quantitative estimate of drug-likeness (QED) is 0.900. The zero-order valence-electron chi connectivity index (χ0n) is 12.8. The zero-order valence-corrected chi connectivity index (χ0v) is 12.8. The van der Waals surface area contributed by atoms with Gasteiger partial charge in [-0.15, -0.1) is 0 Å². The molecule has 1 amide bonds. The predicted molar refractivity (Wildman–Crippen MR) is 88.1 cm³/mol. The van der Waals surface area contributed by atoms with Gasteiger partial charge in [0.1, 0.15) is 5.82 Å². The number of amides is 1. The summed E-state index contributed by atoms with van der Waals surface area (Å²) in [6.07, 6.45) is 3.36. The number of hydrogen-bond acceptors (Lipinski definition) is 2. The number of rotatable bonds is 3. The van der Waals surface area contributed by atoms with E-state index < -0.39 is 0 Å². The van der Waals surface area contributed by atoms with Gasteiger partial charge >= 0.3 is 0 Å². The Morgan fingerprint density at radius 2 is 1.78 bits per heavy atom. The number of benzene rings is 2. The van der Waals surface area contributed by atoms with Gasteiger partial charge in [0.25, 0.3) is 5.91 Å². The Hall–Kier alpha value is -2.36. The van der Waals surface area contributed by atoms with Crippen molar-refractivity contribution in [3.8, 4) is 0 Å². The van der Waals surface area contributed by atoms with E-state index in [1.165, 1.54) is 48.4 Å². The van der Waals surface area contributed by atoms with Crippen molar-refractivity contribution in [1.82, 2.24) is 5.32 Å². The minimum atomic E-state index is -0.331. The average Bonchev–Trinajstić information content (AvgIpc) is 3.40. The molecule has 1 saturated carbocycles. The summed E-state index contributed by atoms with van der Waals surface area (Å²) in [5.41, 5.74) is 4.23. The molecule has 0 aromatic heterocycles. The molecule has 1 atom stereocenters. The minimum Gasteiger partial charge on any atom is -0.384 e. The Morgan fingerprint density at radius 3 is 2.52 bits per heavy atom. The van der Waals surface area contributed by atoms with Crippen LogP contribution < -0.4 is 10.6 Å². The van der Waals surface area contributed by atoms with Gasteiger partial charge < -0.3 is 10.6 Å². The highest BCUT2D eigenvalue weighted by molar-refractivity contribution is 5.94. The van der Waals surface area contributed by atoms with E-state index in [0.29, 0.717) is 11.5 Å². The van der Waals surface area contributed by atoms with Crippen LogP contribution in [0, 0.1) is 5.82 Å². The topological polar surface area (TPSA) is 41.1 Å². The first-order valence-corrected chi connectivity index (χ1v) is 8.15. The van der Waals surface area contributed by atoms with Crippen LogP contribution in [0.5, 0.6) is 0 Å². The van der Waals surface area contributed by atoms with Crippen molar-refractivity contribution in [2.75, 3.05) is 11.9 Å². The standard InChI is InChI=1S/C19H19FN2O/c20-14-8-6-13(7-9-14)19(23)22-17-10-11-21-18-15(12-4-5-12)2-1-3-16(17)18/h1-3,6-9,12,17,21H,4-5,10-11H2,(H,22,23). The number of para-hydroxylation sites is 1. The van der Waals surface area contributed by atoms with Crippen LogP contribution >= 0.6 is 0 Å². The fourth-order valence-electron chi connectivity index (χ4n) is 3.31. The van der Waals surface area contributed by atoms with Crippen LogP contribution in [-0.2, 0) is 0 Å². The second-order valence-corrected chi connectivity index (χ2v) is 6.33. The molecule has 0 radical (unpaired) electrons. The van der Waals surface area contributed by atoms with Gasteiger partial charge in [-0.1, -0.05) is 18.2 Å². The van der Waals surface area contributed by atoms with Crippen molar-refractivity contribution >= 4 is 11.6 Å². The lowest BCUT2D eigenvalue weighted by molar-refractivity contribution is 0.0935. The summed E-state index contributed by atoms with van der Waals surface area (Å²) in [5, 5.41) is 6.60. The first-order chi connectivity index (χ1) is 11.2. The lowest BCUT2D eigenvalue weighted by Crippen LogP contribution is -2.33. The van der Waals surface area contributed by atoms with Crippen LogP contribution in [0.2, 0.25) is 0 Å². The molecule has 3 nitrogen and oxygen atoms in total. The molecular formula is C19H19FN2O. The summed E-state index contributed by atoms with van der Waals surface area (Å²) in [5.74, 6) is 0.187. The maximum atomic E-state index is 13.0. The smallest absolute Gasteiger partial charge is 0.251 e. The first-order valence-electron chi connectivity index (χ1n) is 8.15. The largest absolute Gasteiger partial charge is 0.384 e. The summed E-state index contributed by atoms with van der Waals surface area (Å²) in [6.45, 7) is 0.852. The van der Waals surface area contributed by atoms with Crippen LogP contribution in [0.15, 0.2) is 42.5 Å². The van der Waals surface area contributed by atoms with Gasteiger partial charge in [-0.2, -0.15) is 0 Å². The predicted octanol–water partition coefficient (Wildman–Crippen LogP) is 3.99. The van der Waals surface area contributed by atoms with Crippen LogP contribution in [0.1, 0.15) is 52.7 Å². The van der Waals surface area contributed by atoms with Crippen LogP contribution in [0.25, 0.3) is 0 Å². The summed E-state index contributed by atoms with van der Waals surface area (Å²) in [7, 11) is 0. The van der Waals surface area contributed by atoms with Crippen molar-refractivity contribution in [2.24, 2.45) is 0 Å². The Morgan fingerprint density at radius 1 is 1.04 bits per heavy atom. The number of carbonyl (C=O) groups is 1. The Kier molecular flexibility index (Phi) is 3.52. The molecular weight excluding hydrogens is 291 g/mol. The van der Waals surface area contributed by atoms with Crippen molar-refractivity contribution in [3.05, 3.63) is 65.0 Å². The van der Waals surface area contributed by atoms with E-state index in [2.05, 4.69) is 28.8 Å². The van der Waals surface area contributed by atoms with Gasteiger partial charge in [0.15, 0.2) is 0 Å². The maximum absolute atomic E-state index is 13.0. The minimum absolute atomic E-state index is 0.00232. The van der Waals surface area contributed by atoms with E-state index >= 15 is 0 Å². The van der Waals surface area contributed by atoms with Crippen LogP contribution in [0.3, 0.4) is 0 Å². The third kappa shape index (κ3) is 2.81. The highest BCUT2D eigenvalue weighted by atomic mass is 19.1. The average molecular weight is 310 g/mol. The maximum Gasteiger partial charge on any atom is 0.251 e. The van der Waals surface area contributed by atoms with E-state index in [0.717, 1.165) is 18.5 Å². The van der Waals surface area contributed by atoms with Crippen molar-refractivity contribution in [3.63, 3.8) is 0 Å². The Bertz CT molecular complexity index is 738. The third-order valence-corrected chi connectivity index (χ3v) is 4.67. The van der Waals surface area contributed by atoms with Gasteiger partial charge in [0, 0.05) is 17.8 Å². The lowest BCUT2D eigenvalue weighted by Gasteiger charge is -2.29. The molecule has 0 spiro atoms. The highest BCUT2D eigenvalue weighted by Gasteiger charge is 2.30.